The van der Waals surface area contributed by atoms with Crippen LogP contribution in [0.3, 0.4) is 0 Å². The lowest BCUT2D eigenvalue weighted by atomic mass is 9.96. The third-order valence-corrected chi connectivity index (χ3v) is 5.02. The van der Waals surface area contributed by atoms with Crippen LogP contribution in [0.4, 0.5) is 10.5 Å². The molecular formula is C19H27N3O3. The van der Waals surface area contributed by atoms with Gasteiger partial charge in [-0.15, -0.1) is 0 Å². The van der Waals surface area contributed by atoms with Gasteiger partial charge in [0.05, 0.1) is 0 Å². The molecule has 0 aliphatic carbocycles. The summed E-state index contributed by atoms with van der Waals surface area (Å²) >= 11 is 0. The van der Waals surface area contributed by atoms with Gasteiger partial charge in [-0.2, -0.15) is 0 Å². The van der Waals surface area contributed by atoms with Gasteiger partial charge in [0.2, 0.25) is 5.91 Å². The molecule has 0 atom stereocenters. The van der Waals surface area contributed by atoms with Crippen molar-refractivity contribution < 1.29 is 14.3 Å². The molecule has 136 valence electrons. The molecule has 0 spiro atoms. The first-order valence-corrected chi connectivity index (χ1v) is 9.12. The second-order valence-electron chi connectivity index (χ2n) is 6.95. The van der Waals surface area contributed by atoms with Crippen LogP contribution in [0.15, 0.2) is 24.3 Å². The highest BCUT2D eigenvalue weighted by Gasteiger charge is 2.29. The standard InChI is InChI=1S/C19H27N3O3/c1-14-2-4-16(5-3-14)20-19(24)21-17-6-10-22(11-7-17)18(23)15-8-12-25-13-9-15/h2-5,15,17H,6-13H2,1H3,(H2,20,21,24). The zero-order valence-electron chi connectivity index (χ0n) is 14.8. The minimum absolute atomic E-state index is 0.114. The number of likely N-dealkylation sites (tertiary alicyclic amines) is 1. The number of rotatable bonds is 3. The Hall–Kier alpha value is -2.08. The van der Waals surface area contributed by atoms with Crippen molar-refractivity contribution in [2.75, 3.05) is 31.6 Å². The number of hydrogen-bond acceptors (Lipinski definition) is 3. The monoisotopic (exact) mass is 345 g/mol. The quantitative estimate of drug-likeness (QED) is 0.884. The van der Waals surface area contributed by atoms with Crippen LogP contribution in [0, 0.1) is 12.8 Å². The van der Waals surface area contributed by atoms with E-state index in [1.54, 1.807) is 0 Å². The molecule has 1 aromatic carbocycles. The number of carbonyl (C=O) groups excluding carboxylic acids is 2. The first-order chi connectivity index (χ1) is 12.1. The Morgan fingerprint density at radius 3 is 2.32 bits per heavy atom. The van der Waals surface area contributed by atoms with Crippen LogP contribution in [0.5, 0.6) is 0 Å². The van der Waals surface area contributed by atoms with E-state index in [0.717, 1.165) is 36.9 Å². The van der Waals surface area contributed by atoms with Gasteiger partial charge in [0.1, 0.15) is 0 Å². The fourth-order valence-electron chi connectivity index (χ4n) is 3.44. The summed E-state index contributed by atoms with van der Waals surface area (Å²) < 4.78 is 5.33. The highest BCUT2D eigenvalue weighted by molar-refractivity contribution is 5.89. The van der Waals surface area contributed by atoms with Gasteiger partial charge in [0.25, 0.3) is 0 Å². The lowest BCUT2D eigenvalue weighted by Gasteiger charge is -2.35. The number of carbonyl (C=O) groups is 2. The van der Waals surface area contributed by atoms with Gasteiger partial charge < -0.3 is 20.3 Å². The number of ether oxygens (including phenoxy) is 1. The molecular weight excluding hydrogens is 318 g/mol. The normalized spacial score (nSPS) is 19.5. The highest BCUT2D eigenvalue weighted by atomic mass is 16.5. The van der Waals surface area contributed by atoms with Crippen LogP contribution >= 0.6 is 0 Å². The van der Waals surface area contributed by atoms with Crippen molar-refractivity contribution in [3.63, 3.8) is 0 Å². The summed E-state index contributed by atoms with van der Waals surface area (Å²) in [6, 6.07) is 7.66. The number of aryl methyl sites for hydroxylation is 1. The molecule has 0 bridgehead atoms. The zero-order valence-corrected chi connectivity index (χ0v) is 14.8. The van der Waals surface area contributed by atoms with Gasteiger partial charge in [0.15, 0.2) is 0 Å². The Kier molecular flexibility index (Phi) is 5.91. The zero-order chi connectivity index (χ0) is 17.6. The van der Waals surface area contributed by atoms with Crippen molar-refractivity contribution in [2.45, 2.75) is 38.6 Å². The van der Waals surface area contributed by atoms with Gasteiger partial charge >= 0.3 is 6.03 Å². The molecule has 1 aromatic rings. The van der Waals surface area contributed by atoms with Crippen molar-refractivity contribution in [3.8, 4) is 0 Å². The molecule has 2 aliphatic rings. The van der Waals surface area contributed by atoms with Crippen LogP contribution in [0.25, 0.3) is 0 Å². The van der Waals surface area contributed by atoms with Crippen LogP contribution < -0.4 is 10.6 Å². The molecule has 2 N–H and O–H groups in total. The number of amides is 3. The predicted molar refractivity (Wildman–Crippen MR) is 96.5 cm³/mol. The van der Waals surface area contributed by atoms with Crippen molar-refractivity contribution in [3.05, 3.63) is 29.8 Å². The molecule has 0 aromatic heterocycles. The fourth-order valence-corrected chi connectivity index (χ4v) is 3.44. The van der Waals surface area contributed by atoms with Crippen molar-refractivity contribution in [1.29, 1.82) is 0 Å². The van der Waals surface area contributed by atoms with E-state index in [0.29, 0.717) is 26.3 Å². The van der Waals surface area contributed by atoms with E-state index < -0.39 is 0 Å². The number of nitrogens with one attached hydrogen (secondary N) is 2. The van der Waals surface area contributed by atoms with Crippen molar-refractivity contribution in [1.82, 2.24) is 10.2 Å². The summed E-state index contributed by atoms with van der Waals surface area (Å²) in [6.45, 7) is 4.82. The summed E-state index contributed by atoms with van der Waals surface area (Å²) in [5.74, 6) is 0.369. The third kappa shape index (κ3) is 4.95. The Labute approximate surface area is 148 Å². The van der Waals surface area contributed by atoms with Crippen LogP contribution in [0.2, 0.25) is 0 Å². The predicted octanol–water partition coefficient (Wildman–Crippen LogP) is 2.53. The first kappa shape index (κ1) is 17.7. The number of urea groups is 1. The van der Waals surface area contributed by atoms with Gasteiger partial charge in [-0.25, -0.2) is 4.79 Å². The number of nitrogens with zero attached hydrogens (tertiary/aromatic N) is 1. The second-order valence-corrected chi connectivity index (χ2v) is 6.95. The van der Waals surface area contributed by atoms with Gasteiger partial charge in [-0.3, -0.25) is 4.79 Å². The van der Waals surface area contributed by atoms with E-state index in [2.05, 4.69) is 10.6 Å². The molecule has 0 unspecified atom stereocenters. The van der Waals surface area contributed by atoms with Gasteiger partial charge in [-0.1, -0.05) is 17.7 Å². The smallest absolute Gasteiger partial charge is 0.319 e. The number of piperidine rings is 1. The van der Waals surface area contributed by atoms with E-state index in [9.17, 15) is 9.59 Å². The van der Waals surface area contributed by atoms with E-state index in [1.807, 2.05) is 36.1 Å². The topological polar surface area (TPSA) is 70.7 Å². The Bertz CT molecular complexity index is 588. The lowest BCUT2D eigenvalue weighted by Crippen LogP contribution is -2.49. The SMILES string of the molecule is Cc1ccc(NC(=O)NC2CCN(C(=O)C3CCOCC3)CC2)cc1. The summed E-state index contributed by atoms with van der Waals surface area (Å²) in [5, 5.41) is 5.87. The average molecular weight is 345 g/mol. The Morgan fingerprint density at radius 1 is 1.04 bits per heavy atom. The van der Waals surface area contributed by atoms with Gasteiger partial charge in [0, 0.05) is 44.0 Å². The number of benzene rings is 1. The fraction of sp³-hybridized carbons (Fsp3) is 0.579. The molecule has 3 rings (SSSR count). The third-order valence-electron chi connectivity index (χ3n) is 5.02. The van der Waals surface area contributed by atoms with Crippen LogP contribution in [0.1, 0.15) is 31.2 Å². The largest absolute Gasteiger partial charge is 0.381 e. The maximum Gasteiger partial charge on any atom is 0.319 e. The molecule has 0 radical (unpaired) electrons. The maximum absolute atomic E-state index is 12.5. The van der Waals surface area contributed by atoms with Crippen molar-refractivity contribution in [2.24, 2.45) is 5.92 Å². The van der Waals surface area contributed by atoms with Crippen molar-refractivity contribution >= 4 is 17.6 Å². The summed E-state index contributed by atoms with van der Waals surface area (Å²) in [5.41, 5.74) is 1.95. The van der Waals surface area contributed by atoms with E-state index in [-0.39, 0.29) is 23.9 Å². The molecule has 2 saturated heterocycles. The molecule has 6 nitrogen and oxygen atoms in total. The Balaban J connectivity index is 1.41. The minimum Gasteiger partial charge on any atom is -0.381 e. The van der Waals surface area contributed by atoms with Crippen LogP contribution in [-0.2, 0) is 9.53 Å². The van der Waals surface area contributed by atoms with E-state index >= 15 is 0 Å². The highest BCUT2D eigenvalue weighted by Crippen LogP contribution is 2.20. The summed E-state index contributed by atoms with van der Waals surface area (Å²) in [6.07, 6.45) is 3.26. The molecule has 0 saturated carbocycles. The molecule has 2 aliphatic heterocycles. The molecule has 6 heteroatoms. The second kappa shape index (κ2) is 8.34. The average Bonchev–Trinajstić information content (AvgIpc) is 2.64. The summed E-state index contributed by atoms with van der Waals surface area (Å²) in [7, 11) is 0. The number of hydrogen-bond donors (Lipinski definition) is 2. The first-order valence-electron chi connectivity index (χ1n) is 9.12. The van der Waals surface area contributed by atoms with E-state index in [1.165, 1.54) is 0 Å². The maximum atomic E-state index is 12.5. The van der Waals surface area contributed by atoms with E-state index in [4.69, 9.17) is 4.74 Å². The van der Waals surface area contributed by atoms with Gasteiger partial charge in [-0.05, 0) is 44.7 Å². The Morgan fingerprint density at radius 2 is 1.68 bits per heavy atom. The molecule has 3 amide bonds. The lowest BCUT2D eigenvalue weighted by molar-refractivity contribution is -0.139. The van der Waals surface area contributed by atoms with Crippen LogP contribution in [-0.4, -0.2) is 49.2 Å². The summed E-state index contributed by atoms with van der Waals surface area (Å²) in [4.78, 5) is 26.6. The minimum atomic E-state index is -0.182. The molecule has 2 fully saturated rings. The molecule has 25 heavy (non-hydrogen) atoms. The molecule has 2 heterocycles. The number of anilines is 1.